The number of para-hydroxylation sites is 1. The number of nitrogens with zero attached hydrogens (tertiary/aromatic N) is 3. The molecule has 6 heteroatoms. The van der Waals surface area contributed by atoms with Crippen LogP contribution in [0.25, 0.3) is 10.9 Å². The molecular formula is C24H28N4O2. The van der Waals surface area contributed by atoms with Gasteiger partial charge in [0.05, 0.1) is 6.54 Å². The fourth-order valence-corrected chi connectivity index (χ4v) is 4.19. The number of rotatable bonds is 4. The van der Waals surface area contributed by atoms with Gasteiger partial charge in [0.1, 0.15) is 0 Å². The molecular weight excluding hydrogens is 376 g/mol. The second-order valence-corrected chi connectivity index (χ2v) is 8.02. The van der Waals surface area contributed by atoms with Crippen LogP contribution < -0.4 is 5.32 Å². The third-order valence-corrected chi connectivity index (χ3v) is 5.97. The normalized spacial score (nSPS) is 14.8. The lowest BCUT2D eigenvalue weighted by Gasteiger charge is -2.34. The standard InChI is InChI=1S/C24H28N4O2/c1-17-7-6-8-19(15-17)25-24(30)28-13-11-27(12-14-28)16-22(29)23-18(2)26(3)21-10-5-4-9-20(21)23/h4-10,15H,11-14,16H2,1-3H3,(H,25,30). The quantitative estimate of drug-likeness (QED) is 0.673. The third-order valence-electron chi connectivity index (χ3n) is 5.97. The summed E-state index contributed by atoms with van der Waals surface area (Å²) in [6.07, 6.45) is 0. The van der Waals surface area contributed by atoms with E-state index in [2.05, 4.69) is 14.8 Å². The Morgan fingerprint density at radius 3 is 2.43 bits per heavy atom. The Morgan fingerprint density at radius 1 is 0.967 bits per heavy atom. The molecule has 1 N–H and O–H groups in total. The van der Waals surface area contributed by atoms with E-state index in [1.54, 1.807) is 0 Å². The summed E-state index contributed by atoms with van der Waals surface area (Å²) in [5, 5.41) is 3.98. The fourth-order valence-electron chi connectivity index (χ4n) is 4.19. The highest BCUT2D eigenvalue weighted by atomic mass is 16.2. The average molecular weight is 405 g/mol. The van der Waals surface area contributed by atoms with Crippen molar-refractivity contribution in [2.45, 2.75) is 13.8 Å². The molecule has 0 saturated carbocycles. The number of hydrogen-bond donors (Lipinski definition) is 1. The summed E-state index contributed by atoms with van der Waals surface area (Å²) >= 11 is 0. The topological polar surface area (TPSA) is 57.6 Å². The van der Waals surface area contributed by atoms with Gasteiger partial charge >= 0.3 is 6.03 Å². The highest BCUT2D eigenvalue weighted by Gasteiger charge is 2.25. The van der Waals surface area contributed by atoms with E-state index in [0.717, 1.165) is 33.4 Å². The van der Waals surface area contributed by atoms with Crippen LogP contribution in [0.5, 0.6) is 0 Å². The van der Waals surface area contributed by atoms with E-state index in [1.807, 2.05) is 74.3 Å². The molecule has 0 aliphatic carbocycles. The van der Waals surface area contributed by atoms with Gasteiger partial charge in [-0.25, -0.2) is 4.79 Å². The van der Waals surface area contributed by atoms with Gasteiger partial charge in [0.15, 0.2) is 5.78 Å². The van der Waals surface area contributed by atoms with Gasteiger partial charge in [0.2, 0.25) is 0 Å². The molecule has 30 heavy (non-hydrogen) atoms. The van der Waals surface area contributed by atoms with Crippen molar-refractivity contribution in [1.29, 1.82) is 0 Å². The van der Waals surface area contributed by atoms with Gasteiger partial charge in [-0.2, -0.15) is 0 Å². The smallest absolute Gasteiger partial charge is 0.321 e. The van der Waals surface area contributed by atoms with Gasteiger partial charge in [-0.1, -0.05) is 30.3 Å². The van der Waals surface area contributed by atoms with Crippen molar-refractivity contribution in [3.8, 4) is 0 Å². The Balaban J connectivity index is 1.37. The minimum absolute atomic E-state index is 0.0866. The van der Waals surface area contributed by atoms with E-state index in [-0.39, 0.29) is 11.8 Å². The molecule has 1 aromatic heterocycles. The van der Waals surface area contributed by atoms with E-state index in [4.69, 9.17) is 0 Å². The van der Waals surface area contributed by atoms with Gasteiger partial charge in [0.25, 0.3) is 0 Å². The van der Waals surface area contributed by atoms with Crippen LogP contribution in [0, 0.1) is 13.8 Å². The molecule has 4 rings (SSSR count). The predicted molar refractivity (Wildman–Crippen MR) is 120 cm³/mol. The van der Waals surface area contributed by atoms with Crippen molar-refractivity contribution < 1.29 is 9.59 Å². The first kappa shape index (κ1) is 20.2. The van der Waals surface area contributed by atoms with Crippen LogP contribution in [-0.2, 0) is 7.05 Å². The van der Waals surface area contributed by atoms with Gasteiger partial charge < -0.3 is 14.8 Å². The molecule has 3 aromatic rings. The number of anilines is 1. The number of amides is 2. The molecule has 2 heterocycles. The van der Waals surface area contributed by atoms with Crippen LogP contribution in [0.3, 0.4) is 0 Å². The molecule has 1 aliphatic rings. The molecule has 1 fully saturated rings. The Morgan fingerprint density at radius 2 is 1.70 bits per heavy atom. The summed E-state index contributed by atoms with van der Waals surface area (Å²) in [5.74, 6) is 0.141. The molecule has 0 atom stereocenters. The van der Waals surface area contributed by atoms with Gasteiger partial charge in [-0.05, 0) is 37.6 Å². The minimum Gasteiger partial charge on any atom is -0.347 e. The first-order valence-electron chi connectivity index (χ1n) is 10.4. The average Bonchev–Trinajstić information content (AvgIpc) is 2.99. The molecule has 1 saturated heterocycles. The monoisotopic (exact) mass is 404 g/mol. The fraction of sp³-hybridized carbons (Fsp3) is 0.333. The first-order valence-corrected chi connectivity index (χ1v) is 10.4. The molecule has 0 spiro atoms. The van der Waals surface area contributed by atoms with Crippen LogP contribution >= 0.6 is 0 Å². The van der Waals surface area contributed by atoms with E-state index in [0.29, 0.717) is 32.7 Å². The van der Waals surface area contributed by atoms with E-state index in [1.165, 1.54) is 0 Å². The second kappa shape index (κ2) is 8.32. The molecule has 1 aliphatic heterocycles. The van der Waals surface area contributed by atoms with Crippen molar-refractivity contribution >= 4 is 28.4 Å². The molecule has 0 radical (unpaired) electrons. The van der Waals surface area contributed by atoms with Gasteiger partial charge in [0, 0.05) is 61.1 Å². The number of nitrogens with one attached hydrogen (secondary N) is 1. The highest BCUT2D eigenvalue weighted by Crippen LogP contribution is 2.25. The number of benzene rings is 2. The number of hydrogen-bond acceptors (Lipinski definition) is 3. The Labute approximate surface area is 177 Å². The number of Topliss-reactive ketones (excluding diaryl/α,β-unsaturated/α-hetero) is 1. The lowest BCUT2D eigenvalue weighted by molar-refractivity contribution is 0.0884. The van der Waals surface area contributed by atoms with E-state index >= 15 is 0 Å². The van der Waals surface area contributed by atoms with Crippen LogP contribution in [0.2, 0.25) is 0 Å². The van der Waals surface area contributed by atoms with Crippen molar-refractivity contribution in [3.05, 3.63) is 65.4 Å². The second-order valence-electron chi connectivity index (χ2n) is 8.02. The maximum Gasteiger partial charge on any atom is 0.321 e. The Kier molecular flexibility index (Phi) is 5.59. The van der Waals surface area contributed by atoms with Gasteiger partial charge in [-0.15, -0.1) is 0 Å². The maximum atomic E-state index is 13.1. The van der Waals surface area contributed by atoms with Crippen molar-refractivity contribution in [2.75, 3.05) is 38.0 Å². The summed E-state index contributed by atoms with van der Waals surface area (Å²) in [7, 11) is 2.00. The maximum absolute atomic E-state index is 13.1. The number of piperazine rings is 1. The van der Waals surface area contributed by atoms with Crippen LogP contribution in [-0.4, -0.2) is 58.9 Å². The number of fused-ring (bicyclic) bond motifs is 1. The molecule has 0 unspecified atom stereocenters. The van der Waals surface area contributed by atoms with Crippen molar-refractivity contribution in [1.82, 2.24) is 14.4 Å². The lowest BCUT2D eigenvalue weighted by atomic mass is 10.1. The summed E-state index contributed by atoms with van der Waals surface area (Å²) < 4.78 is 2.08. The molecule has 6 nitrogen and oxygen atoms in total. The van der Waals surface area contributed by atoms with Crippen molar-refractivity contribution in [2.24, 2.45) is 7.05 Å². The SMILES string of the molecule is Cc1cccc(NC(=O)N2CCN(CC(=O)c3c(C)n(C)c4ccccc34)CC2)c1. The minimum atomic E-state index is -0.0866. The number of carbonyl (C=O) groups excluding carboxylic acids is 2. The summed E-state index contributed by atoms with van der Waals surface area (Å²) in [5.41, 5.74) is 4.81. The number of urea groups is 1. The lowest BCUT2D eigenvalue weighted by Crippen LogP contribution is -2.51. The van der Waals surface area contributed by atoms with Crippen LogP contribution in [0.4, 0.5) is 10.5 Å². The molecule has 0 bridgehead atoms. The third kappa shape index (κ3) is 3.96. The predicted octanol–water partition coefficient (Wildman–Crippen LogP) is 3.83. The van der Waals surface area contributed by atoms with Crippen LogP contribution in [0.15, 0.2) is 48.5 Å². The Hall–Kier alpha value is -3.12. The van der Waals surface area contributed by atoms with E-state index < -0.39 is 0 Å². The highest BCUT2D eigenvalue weighted by molar-refractivity contribution is 6.10. The van der Waals surface area contributed by atoms with Crippen LogP contribution in [0.1, 0.15) is 21.6 Å². The first-order chi connectivity index (χ1) is 14.4. The Bertz CT molecular complexity index is 1090. The number of aromatic nitrogens is 1. The molecule has 2 aromatic carbocycles. The van der Waals surface area contributed by atoms with Crippen molar-refractivity contribution in [3.63, 3.8) is 0 Å². The number of aryl methyl sites for hydroxylation is 2. The molecule has 156 valence electrons. The molecule has 2 amide bonds. The zero-order valence-corrected chi connectivity index (χ0v) is 17.8. The summed E-state index contributed by atoms with van der Waals surface area (Å²) in [6.45, 7) is 6.98. The number of carbonyl (C=O) groups is 2. The number of ketones is 1. The summed E-state index contributed by atoms with van der Waals surface area (Å²) in [6, 6.07) is 15.7. The van der Waals surface area contributed by atoms with E-state index in [9.17, 15) is 9.59 Å². The zero-order chi connectivity index (χ0) is 21.3. The summed E-state index contributed by atoms with van der Waals surface area (Å²) in [4.78, 5) is 29.6. The van der Waals surface area contributed by atoms with Gasteiger partial charge in [-0.3, -0.25) is 9.69 Å². The zero-order valence-electron chi connectivity index (χ0n) is 17.8. The largest absolute Gasteiger partial charge is 0.347 e.